The third kappa shape index (κ3) is 2.26. The van der Waals surface area contributed by atoms with Crippen LogP contribution in [-0.2, 0) is 0 Å². The zero-order valence-electron chi connectivity index (χ0n) is 14.2. The molecule has 1 aliphatic heterocycles. The Hall–Kier alpha value is -3.27. The molecule has 7 nitrogen and oxygen atoms in total. The molecule has 4 heterocycles. The zero-order valence-corrected chi connectivity index (χ0v) is 14.2. The summed E-state index contributed by atoms with van der Waals surface area (Å²) in [5.41, 5.74) is 4.24. The number of nitrogens with zero attached hydrogens (tertiary/aromatic N) is 4. The predicted octanol–water partition coefficient (Wildman–Crippen LogP) is 2.43. The molecule has 0 aromatic carbocycles. The predicted molar refractivity (Wildman–Crippen MR) is 93.3 cm³/mol. The number of aromatic nitrogens is 3. The van der Waals surface area contributed by atoms with Crippen LogP contribution in [0.15, 0.2) is 24.4 Å². The molecule has 1 N–H and O–H groups in total. The fourth-order valence-electron chi connectivity index (χ4n) is 3.37. The van der Waals surface area contributed by atoms with E-state index < -0.39 is 0 Å². The van der Waals surface area contributed by atoms with Crippen molar-refractivity contribution >= 4 is 16.7 Å². The van der Waals surface area contributed by atoms with Crippen molar-refractivity contribution in [1.82, 2.24) is 15.0 Å². The minimum Gasteiger partial charge on any atom is -0.491 e. The SMILES string of the molecule is COc1cc2c(nc1OC)C(c1cc3c(C#N)ccnc3[nH]1)CN2C. The number of fused-ring (bicyclic) bond motifs is 2. The minimum absolute atomic E-state index is 0.0422. The number of anilines is 1. The normalized spacial score (nSPS) is 15.9. The Morgan fingerprint density at radius 3 is 2.88 bits per heavy atom. The highest BCUT2D eigenvalue weighted by molar-refractivity contribution is 5.83. The van der Waals surface area contributed by atoms with Crippen molar-refractivity contribution in [2.24, 2.45) is 0 Å². The number of nitrogens with one attached hydrogen (secondary N) is 1. The summed E-state index contributed by atoms with van der Waals surface area (Å²) in [4.78, 5) is 14.5. The van der Waals surface area contributed by atoms with Gasteiger partial charge in [0.05, 0.1) is 43.2 Å². The Balaban J connectivity index is 1.86. The van der Waals surface area contributed by atoms with Gasteiger partial charge in [-0.2, -0.15) is 5.26 Å². The van der Waals surface area contributed by atoms with Crippen molar-refractivity contribution in [2.75, 3.05) is 32.7 Å². The van der Waals surface area contributed by atoms with Gasteiger partial charge in [0.15, 0.2) is 5.75 Å². The maximum atomic E-state index is 9.29. The van der Waals surface area contributed by atoms with E-state index in [9.17, 15) is 5.26 Å². The largest absolute Gasteiger partial charge is 0.491 e. The van der Waals surface area contributed by atoms with Crippen molar-refractivity contribution in [1.29, 1.82) is 5.26 Å². The molecule has 7 heteroatoms. The summed E-state index contributed by atoms with van der Waals surface area (Å²) in [6.07, 6.45) is 1.64. The summed E-state index contributed by atoms with van der Waals surface area (Å²) < 4.78 is 10.7. The Kier molecular flexibility index (Phi) is 3.46. The first kappa shape index (κ1) is 15.3. The number of pyridine rings is 2. The molecule has 25 heavy (non-hydrogen) atoms. The summed E-state index contributed by atoms with van der Waals surface area (Å²) in [5.74, 6) is 1.12. The van der Waals surface area contributed by atoms with Crippen LogP contribution in [0.5, 0.6) is 11.6 Å². The van der Waals surface area contributed by atoms with Crippen molar-refractivity contribution in [3.8, 4) is 17.7 Å². The lowest BCUT2D eigenvalue weighted by Crippen LogP contribution is -2.16. The first-order valence-corrected chi connectivity index (χ1v) is 7.88. The van der Waals surface area contributed by atoms with Crippen molar-refractivity contribution < 1.29 is 9.47 Å². The average molecular weight is 335 g/mol. The topological polar surface area (TPSA) is 87.1 Å². The van der Waals surface area contributed by atoms with Gasteiger partial charge in [0.25, 0.3) is 5.88 Å². The number of rotatable bonds is 3. The lowest BCUT2D eigenvalue weighted by atomic mass is 10.0. The number of ether oxygens (including phenoxy) is 2. The van der Waals surface area contributed by atoms with Crippen LogP contribution in [0.1, 0.15) is 22.9 Å². The van der Waals surface area contributed by atoms with Crippen LogP contribution in [0.25, 0.3) is 11.0 Å². The molecule has 0 radical (unpaired) electrons. The number of likely N-dealkylation sites (N-methyl/N-ethyl adjacent to an activating group) is 1. The van der Waals surface area contributed by atoms with E-state index in [1.807, 2.05) is 19.2 Å². The van der Waals surface area contributed by atoms with Gasteiger partial charge in [0, 0.05) is 36.9 Å². The molecule has 0 saturated heterocycles. The number of nitriles is 1. The van der Waals surface area contributed by atoms with Crippen LogP contribution in [0, 0.1) is 11.3 Å². The summed E-state index contributed by atoms with van der Waals surface area (Å²) in [7, 11) is 5.20. The molecule has 3 aromatic rings. The maximum Gasteiger partial charge on any atom is 0.257 e. The summed E-state index contributed by atoms with van der Waals surface area (Å²) >= 11 is 0. The van der Waals surface area contributed by atoms with E-state index in [1.54, 1.807) is 26.5 Å². The number of H-pyrrole nitrogens is 1. The second-order valence-corrected chi connectivity index (χ2v) is 5.99. The van der Waals surface area contributed by atoms with E-state index in [4.69, 9.17) is 9.47 Å². The monoisotopic (exact) mass is 335 g/mol. The molecule has 1 unspecified atom stereocenters. The molecule has 0 aliphatic carbocycles. The Labute approximate surface area is 144 Å². The number of hydrogen-bond acceptors (Lipinski definition) is 6. The van der Waals surface area contributed by atoms with Gasteiger partial charge in [0.2, 0.25) is 0 Å². The van der Waals surface area contributed by atoms with E-state index >= 15 is 0 Å². The molecule has 0 spiro atoms. The lowest BCUT2D eigenvalue weighted by Gasteiger charge is -2.13. The highest BCUT2D eigenvalue weighted by Gasteiger charge is 2.32. The van der Waals surface area contributed by atoms with Crippen molar-refractivity contribution in [2.45, 2.75) is 5.92 Å². The first-order chi connectivity index (χ1) is 12.2. The van der Waals surface area contributed by atoms with Gasteiger partial charge < -0.3 is 19.4 Å². The van der Waals surface area contributed by atoms with Crippen LogP contribution < -0.4 is 14.4 Å². The molecule has 126 valence electrons. The third-order valence-electron chi connectivity index (χ3n) is 4.62. The van der Waals surface area contributed by atoms with Crippen LogP contribution in [0.3, 0.4) is 0 Å². The molecule has 0 saturated carbocycles. The van der Waals surface area contributed by atoms with Gasteiger partial charge >= 0.3 is 0 Å². The molecule has 0 amide bonds. The summed E-state index contributed by atoms with van der Waals surface area (Å²) in [5, 5.41) is 10.1. The number of hydrogen-bond donors (Lipinski definition) is 1. The standard InChI is InChI=1S/C18H17N5O2/c1-23-9-12(16-14(23)7-15(24-2)18(22-16)25-3)13-6-11-10(8-19)4-5-20-17(11)21-13/h4-7,12H,9H2,1-3H3,(H,20,21). The minimum atomic E-state index is 0.0422. The molecule has 0 fully saturated rings. The molecule has 1 atom stereocenters. The smallest absolute Gasteiger partial charge is 0.257 e. The van der Waals surface area contributed by atoms with Crippen LogP contribution in [-0.4, -0.2) is 42.8 Å². The molecule has 0 bridgehead atoms. The van der Waals surface area contributed by atoms with Gasteiger partial charge in [-0.15, -0.1) is 0 Å². The van der Waals surface area contributed by atoms with Gasteiger partial charge in [-0.3, -0.25) is 0 Å². The van der Waals surface area contributed by atoms with E-state index in [2.05, 4.69) is 25.9 Å². The van der Waals surface area contributed by atoms with Gasteiger partial charge in [-0.1, -0.05) is 0 Å². The highest BCUT2D eigenvalue weighted by atomic mass is 16.5. The van der Waals surface area contributed by atoms with Crippen LogP contribution in [0.2, 0.25) is 0 Å². The number of aromatic amines is 1. The molecule has 4 rings (SSSR count). The maximum absolute atomic E-state index is 9.29. The average Bonchev–Trinajstić information content (AvgIpc) is 3.21. The molecule has 3 aromatic heterocycles. The first-order valence-electron chi connectivity index (χ1n) is 7.88. The molecule has 1 aliphatic rings. The zero-order chi connectivity index (χ0) is 17.6. The fourth-order valence-corrected chi connectivity index (χ4v) is 3.37. The Morgan fingerprint density at radius 1 is 1.32 bits per heavy atom. The highest BCUT2D eigenvalue weighted by Crippen LogP contribution is 2.43. The second kappa shape index (κ2) is 5.67. The Morgan fingerprint density at radius 2 is 2.16 bits per heavy atom. The van der Waals surface area contributed by atoms with Crippen molar-refractivity contribution in [3.05, 3.63) is 41.3 Å². The van der Waals surface area contributed by atoms with Gasteiger partial charge in [0.1, 0.15) is 5.65 Å². The molecular weight excluding hydrogens is 318 g/mol. The van der Waals surface area contributed by atoms with Crippen molar-refractivity contribution in [3.63, 3.8) is 0 Å². The van der Waals surface area contributed by atoms with E-state index in [0.29, 0.717) is 22.8 Å². The summed E-state index contributed by atoms with van der Waals surface area (Å²) in [6.45, 7) is 0.771. The van der Waals surface area contributed by atoms with Gasteiger partial charge in [-0.05, 0) is 12.1 Å². The Bertz CT molecular complexity index is 1000. The summed E-state index contributed by atoms with van der Waals surface area (Å²) in [6, 6.07) is 7.88. The fraction of sp³-hybridized carbons (Fsp3) is 0.278. The van der Waals surface area contributed by atoms with E-state index in [0.717, 1.165) is 29.0 Å². The van der Waals surface area contributed by atoms with Crippen LogP contribution in [0.4, 0.5) is 5.69 Å². The number of methoxy groups -OCH3 is 2. The molecular formula is C18H17N5O2. The lowest BCUT2D eigenvalue weighted by molar-refractivity contribution is 0.342. The third-order valence-corrected chi connectivity index (χ3v) is 4.62. The van der Waals surface area contributed by atoms with Crippen LogP contribution >= 0.6 is 0 Å². The van der Waals surface area contributed by atoms with E-state index in [1.165, 1.54) is 0 Å². The van der Waals surface area contributed by atoms with E-state index in [-0.39, 0.29) is 5.92 Å². The second-order valence-electron chi connectivity index (χ2n) is 5.99. The quantitative estimate of drug-likeness (QED) is 0.791. The van der Waals surface area contributed by atoms with Gasteiger partial charge in [-0.25, -0.2) is 9.97 Å².